The summed E-state index contributed by atoms with van der Waals surface area (Å²) in [6.45, 7) is 1.88. The Morgan fingerprint density at radius 1 is 1.38 bits per heavy atom. The summed E-state index contributed by atoms with van der Waals surface area (Å²) in [4.78, 5) is 46.8. The van der Waals surface area contributed by atoms with Crippen LogP contribution in [0.5, 0.6) is 0 Å². The van der Waals surface area contributed by atoms with Crippen LogP contribution in [0.2, 0.25) is 0 Å². The average Bonchev–Trinajstić information content (AvgIpc) is 2.66. The number of carbonyl (C=O) groups is 2. The summed E-state index contributed by atoms with van der Waals surface area (Å²) >= 11 is 0. The number of carbonyl (C=O) groups excluding carboxylic acids is 4. The Balaban J connectivity index is 0.000000293. The van der Waals surface area contributed by atoms with Gasteiger partial charge in [-0.2, -0.15) is 9.98 Å². The van der Waals surface area contributed by atoms with E-state index in [1.54, 1.807) is 0 Å². The molecule has 0 spiro atoms. The molecule has 0 saturated carbocycles. The Kier molecular flexibility index (Phi) is 7.15. The first-order valence-corrected chi connectivity index (χ1v) is 4.51. The molecular formula is C9H11N3O4. The zero-order chi connectivity index (χ0) is 12.4. The molecule has 1 aliphatic heterocycles. The molecule has 7 nitrogen and oxygen atoms in total. The van der Waals surface area contributed by atoms with Crippen molar-refractivity contribution in [2.45, 2.75) is 19.8 Å². The van der Waals surface area contributed by atoms with Crippen molar-refractivity contribution in [2.24, 2.45) is 9.98 Å². The maximum absolute atomic E-state index is 10.7. The summed E-state index contributed by atoms with van der Waals surface area (Å²) in [5.41, 5.74) is 0. The monoisotopic (exact) mass is 225 g/mol. The molecule has 0 bridgehead atoms. The molecule has 0 aromatic carbocycles. The lowest BCUT2D eigenvalue weighted by molar-refractivity contribution is -0.140. The van der Waals surface area contributed by atoms with E-state index in [2.05, 4.69) is 9.98 Å². The second-order valence-corrected chi connectivity index (χ2v) is 2.81. The summed E-state index contributed by atoms with van der Waals surface area (Å²) < 4.78 is 0. The number of amides is 2. The van der Waals surface area contributed by atoms with Crippen LogP contribution in [0.3, 0.4) is 0 Å². The fraction of sp³-hybridized carbons (Fsp3) is 0.556. The first-order chi connectivity index (χ1) is 7.63. The molecule has 7 heteroatoms. The molecule has 1 aliphatic rings. The predicted octanol–water partition coefficient (Wildman–Crippen LogP) is -0.229. The molecule has 0 atom stereocenters. The molecule has 0 aromatic rings. The minimum atomic E-state index is -0.160. The maximum Gasteiger partial charge on any atom is 0.236 e. The molecule has 1 fully saturated rings. The van der Waals surface area contributed by atoms with Gasteiger partial charge in [-0.05, 0) is 6.42 Å². The highest BCUT2D eigenvalue weighted by molar-refractivity contribution is 5.95. The summed E-state index contributed by atoms with van der Waals surface area (Å²) in [7, 11) is 0. The number of hydrogen-bond acceptors (Lipinski definition) is 6. The van der Waals surface area contributed by atoms with Crippen LogP contribution in [-0.2, 0) is 19.2 Å². The molecular weight excluding hydrogens is 214 g/mol. The second-order valence-electron chi connectivity index (χ2n) is 2.81. The van der Waals surface area contributed by atoms with E-state index in [-0.39, 0.29) is 18.5 Å². The summed E-state index contributed by atoms with van der Waals surface area (Å²) in [5.74, 6) is -0.153. The van der Waals surface area contributed by atoms with Crippen LogP contribution < -0.4 is 0 Å². The van der Waals surface area contributed by atoms with Gasteiger partial charge in [-0.25, -0.2) is 9.59 Å². The standard InChI is InChI=1S/C6H9NO2.C3H2N2O2/c1-5(8)7-4-2-3-6(7)9;6-2-4-1-5-3-7/h2-4H2,1H3;1H2. The van der Waals surface area contributed by atoms with E-state index in [0.29, 0.717) is 13.0 Å². The van der Waals surface area contributed by atoms with Crippen LogP contribution in [0.15, 0.2) is 9.98 Å². The fourth-order valence-electron chi connectivity index (χ4n) is 1.07. The molecule has 1 rings (SSSR count). The van der Waals surface area contributed by atoms with Crippen molar-refractivity contribution in [3.05, 3.63) is 0 Å². The molecule has 86 valence electrons. The predicted molar refractivity (Wildman–Crippen MR) is 52.7 cm³/mol. The van der Waals surface area contributed by atoms with E-state index < -0.39 is 0 Å². The number of rotatable bonds is 2. The Bertz CT molecular complexity index is 338. The third-order valence-corrected chi connectivity index (χ3v) is 1.72. The van der Waals surface area contributed by atoms with Gasteiger partial charge in [-0.15, -0.1) is 0 Å². The molecule has 16 heavy (non-hydrogen) atoms. The van der Waals surface area contributed by atoms with E-state index in [1.165, 1.54) is 24.0 Å². The summed E-state index contributed by atoms with van der Waals surface area (Å²) in [6, 6.07) is 0. The Labute approximate surface area is 91.9 Å². The minimum absolute atomic E-state index is 0.0255. The number of isocyanates is 2. The van der Waals surface area contributed by atoms with E-state index in [0.717, 1.165) is 6.42 Å². The lowest BCUT2D eigenvalue weighted by Crippen LogP contribution is -2.29. The van der Waals surface area contributed by atoms with Gasteiger partial charge < -0.3 is 0 Å². The third-order valence-electron chi connectivity index (χ3n) is 1.72. The first-order valence-electron chi connectivity index (χ1n) is 4.51. The highest BCUT2D eigenvalue weighted by atomic mass is 16.2. The highest BCUT2D eigenvalue weighted by Gasteiger charge is 2.22. The third kappa shape index (κ3) is 5.59. The van der Waals surface area contributed by atoms with Crippen molar-refractivity contribution in [3.63, 3.8) is 0 Å². The van der Waals surface area contributed by atoms with Crippen molar-refractivity contribution in [1.82, 2.24) is 4.90 Å². The molecule has 0 N–H and O–H groups in total. The van der Waals surface area contributed by atoms with E-state index in [9.17, 15) is 19.2 Å². The van der Waals surface area contributed by atoms with Gasteiger partial charge in [0.1, 0.15) is 0 Å². The maximum atomic E-state index is 10.7. The zero-order valence-corrected chi connectivity index (χ0v) is 8.80. The zero-order valence-electron chi connectivity index (χ0n) is 8.80. The Hall–Kier alpha value is -2.10. The molecule has 0 radical (unpaired) electrons. The normalized spacial score (nSPS) is 13.1. The highest BCUT2D eigenvalue weighted by Crippen LogP contribution is 2.08. The molecule has 1 heterocycles. The van der Waals surface area contributed by atoms with Crippen molar-refractivity contribution in [3.8, 4) is 0 Å². The number of likely N-dealkylation sites (tertiary alicyclic amines) is 1. The SMILES string of the molecule is CC(=O)N1CCCC1=O.O=C=NCN=C=O. The smallest absolute Gasteiger partial charge is 0.236 e. The van der Waals surface area contributed by atoms with Crippen LogP contribution in [0, 0.1) is 0 Å². The largest absolute Gasteiger partial charge is 0.283 e. The average molecular weight is 225 g/mol. The second kappa shape index (κ2) is 8.23. The first kappa shape index (κ1) is 13.9. The molecule has 1 saturated heterocycles. The molecule has 2 amide bonds. The van der Waals surface area contributed by atoms with Crippen molar-refractivity contribution >= 4 is 24.0 Å². The molecule has 0 unspecified atom stereocenters. The number of nitrogens with zero attached hydrogens (tertiary/aromatic N) is 3. The van der Waals surface area contributed by atoms with Gasteiger partial charge in [0.05, 0.1) is 0 Å². The van der Waals surface area contributed by atoms with Crippen molar-refractivity contribution < 1.29 is 19.2 Å². The van der Waals surface area contributed by atoms with Gasteiger partial charge in [0.2, 0.25) is 24.0 Å². The number of aliphatic imine (C=N–C) groups is 2. The number of hydrogen-bond donors (Lipinski definition) is 0. The van der Waals surface area contributed by atoms with E-state index in [4.69, 9.17) is 0 Å². The van der Waals surface area contributed by atoms with Crippen molar-refractivity contribution in [2.75, 3.05) is 13.2 Å². The van der Waals surface area contributed by atoms with E-state index >= 15 is 0 Å². The van der Waals surface area contributed by atoms with Crippen LogP contribution >= 0.6 is 0 Å². The Morgan fingerprint density at radius 3 is 2.19 bits per heavy atom. The topological polar surface area (TPSA) is 96.2 Å². The summed E-state index contributed by atoms with van der Waals surface area (Å²) in [6.07, 6.45) is 3.78. The van der Waals surface area contributed by atoms with Crippen LogP contribution in [0.25, 0.3) is 0 Å². The van der Waals surface area contributed by atoms with Crippen molar-refractivity contribution in [1.29, 1.82) is 0 Å². The summed E-state index contributed by atoms with van der Waals surface area (Å²) in [5, 5.41) is 0. The van der Waals surface area contributed by atoms with Gasteiger partial charge in [-0.1, -0.05) is 0 Å². The van der Waals surface area contributed by atoms with E-state index in [1.807, 2.05) is 0 Å². The van der Waals surface area contributed by atoms with Gasteiger partial charge in [-0.3, -0.25) is 14.5 Å². The van der Waals surface area contributed by atoms with Gasteiger partial charge in [0.15, 0.2) is 6.67 Å². The quantitative estimate of drug-likeness (QED) is 0.479. The van der Waals surface area contributed by atoms with Crippen LogP contribution in [-0.4, -0.2) is 42.1 Å². The Morgan fingerprint density at radius 2 is 1.94 bits per heavy atom. The minimum Gasteiger partial charge on any atom is -0.283 e. The molecule has 0 aliphatic carbocycles. The van der Waals surface area contributed by atoms with Gasteiger partial charge >= 0.3 is 0 Å². The lowest BCUT2D eigenvalue weighted by atomic mass is 10.4. The van der Waals surface area contributed by atoms with Gasteiger partial charge in [0, 0.05) is 19.9 Å². The fourth-order valence-corrected chi connectivity index (χ4v) is 1.07. The number of imide groups is 1. The van der Waals surface area contributed by atoms with Gasteiger partial charge in [0.25, 0.3) is 0 Å². The van der Waals surface area contributed by atoms with Crippen LogP contribution in [0.1, 0.15) is 19.8 Å². The lowest BCUT2D eigenvalue weighted by Gasteiger charge is -2.08. The molecule has 0 aromatic heterocycles. The van der Waals surface area contributed by atoms with Crippen LogP contribution in [0.4, 0.5) is 0 Å².